The van der Waals surface area contributed by atoms with Gasteiger partial charge in [-0.25, -0.2) is 8.78 Å². The Morgan fingerprint density at radius 2 is 1.04 bits per heavy atom. The summed E-state index contributed by atoms with van der Waals surface area (Å²) in [5.74, 6) is -0.569. The van der Waals surface area contributed by atoms with Crippen LogP contribution in [-0.4, -0.2) is 11.4 Å². The summed E-state index contributed by atoms with van der Waals surface area (Å²) >= 11 is 6.00. The van der Waals surface area contributed by atoms with Crippen molar-refractivity contribution in [2.75, 3.05) is 0 Å². The third-order valence-electron chi connectivity index (χ3n) is 3.18. The van der Waals surface area contributed by atoms with E-state index in [1.165, 1.54) is 35.2 Å². The van der Waals surface area contributed by atoms with Crippen molar-refractivity contribution >= 4 is 51.2 Å². The molecule has 0 atom stereocenters. The molecule has 138 valence electrons. The normalized spacial score (nSPS) is 11.9. The molecule has 0 radical (unpaired) electrons. The summed E-state index contributed by atoms with van der Waals surface area (Å²) in [7, 11) is 1.25. The summed E-state index contributed by atoms with van der Waals surface area (Å²) in [6.45, 7) is 4.00. The van der Waals surface area contributed by atoms with E-state index in [0.29, 0.717) is 24.2 Å². The molecule has 0 spiro atoms. The molecular weight excluding hydrogens is 501 g/mol. The van der Waals surface area contributed by atoms with Crippen LogP contribution in [0.4, 0.5) is 20.2 Å². The zero-order valence-corrected chi connectivity index (χ0v) is 17.9. The zero-order chi connectivity index (χ0) is 18.7. The molecule has 7 heteroatoms. The Bertz CT molecular complexity index is 641. The monoisotopic (exact) mass is 516 g/mol. The van der Waals surface area contributed by atoms with Gasteiger partial charge in [0, 0.05) is 0 Å². The van der Waals surface area contributed by atoms with Gasteiger partial charge >= 0.3 is 39.3 Å². The average Bonchev–Trinajstić information content (AvgIpc) is 2.62. The molecule has 0 heterocycles. The van der Waals surface area contributed by atoms with E-state index in [9.17, 15) is 8.78 Å². The van der Waals surface area contributed by atoms with Crippen LogP contribution < -0.4 is 0 Å². The molecule has 25 heavy (non-hydrogen) atoms. The molecule has 2 rings (SSSR count). The summed E-state index contributed by atoms with van der Waals surface area (Å²) in [5.41, 5.74) is 3.08. The molecular formula is C18H18Br2F2N2Ni. The van der Waals surface area contributed by atoms with Gasteiger partial charge in [-0.05, 0) is 61.4 Å². The van der Waals surface area contributed by atoms with Gasteiger partial charge in [0.1, 0.15) is 11.6 Å². The van der Waals surface area contributed by atoms with Crippen LogP contribution >= 0.6 is 28.5 Å². The van der Waals surface area contributed by atoms with Crippen molar-refractivity contribution in [3.05, 3.63) is 60.2 Å². The van der Waals surface area contributed by atoms with Crippen molar-refractivity contribution in [2.24, 2.45) is 9.98 Å². The van der Waals surface area contributed by atoms with E-state index in [0.717, 1.165) is 11.4 Å². The molecule has 2 nitrogen and oxygen atoms in total. The molecule has 2 aromatic rings. The second kappa shape index (κ2) is 12.4. The molecule has 0 aliphatic heterocycles. The molecule has 0 aliphatic rings. The molecule has 2 aromatic carbocycles. The Morgan fingerprint density at radius 3 is 1.28 bits per heavy atom. The Balaban J connectivity index is 0.000000970. The first-order valence-corrected chi connectivity index (χ1v) is 12.4. The van der Waals surface area contributed by atoms with Crippen LogP contribution in [0.25, 0.3) is 0 Å². The minimum atomic E-state index is -0.285. The van der Waals surface area contributed by atoms with Crippen LogP contribution in [0.2, 0.25) is 0 Å². The summed E-state index contributed by atoms with van der Waals surface area (Å²) in [4.78, 5) is 9.10. The summed E-state index contributed by atoms with van der Waals surface area (Å²) in [6, 6.07) is 12.1. The van der Waals surface area contributed by atoms with Gasteiger partial charge in [-0.15, -0.1) is 0 Å². The average molecular weight is 519 g/mol. The third-order valence-corrected chi connectivity index (χ3v) is 3.18. The van der Waals surface area contributed by atoms with Gasteiger partial charge in [-0.3, -0.25) is 9.98 Å². The van der Waals surface area contributed by atoms with Crippen LogP contribution in [0.15, 0.2) is 58.5 Å². The van der Waals surface area contributed by atoms with Crippen LogP contribution in [0.3, 0.4) is 0 Å². The second-order valence-corrected chi connectivity index (χ2v) is 9.81. The van der Waals surface area contributed by atoms with Crippen molar-refractivity contribution in [1.29, 1.82) is 0 Å². The van der Waals surface area contributed by atoms with Crippen LogP contribution in [-0.2, 0) is 10.9 Å². The van der Waals surface area contributed by atoms with E-state index in [1.54, 1.807) is 24.3 Å². The van der Waals surface area contributed by atoms with Crippen molar-refractivity contribution in [1.82, 2.24) is 0 Å². The van der Waals surface area contributed by atoms with Crippen molar-refractivity contribution in [3.8, 4) is 0 Å². The van der Waals surface area contributed by atoms with Crippen LogP contribution in [0, 0.1) is 11.6 Å². The fourth-order valence-corrected chi connectivity index (χ4v) is 2.04. The fraction of sp³-hybridized carbons (Fsp3) is 0.222. The Hall–Kier alpha value is -0.906. The molecule has 0 aliphatic carbocycles. The maximum absolute atomic E-state index is 12.9. The third kappa shape index (κ3) is 8.34. The van der Waals surface area contributed by atoms with Crippen molar-refractivity contribution < 1.29 is 19.7 Å². The molecule has 0 saturated carbocycles. The molecule has 0 N–H and O–H groups in total. The van der Waals surface area contributed by atoms with E-state index in [-0.39, 0.29) is 11.6 Å². The zero-order valence-electron chi connectivity index (χ0n) is 13.8. The van der Waals surface area contributed by atoms with Gasteiger partial charge in [-0.1, -0.05) is 13.8 Å². The van der Waals surface area contributed by atoms with Gasteiger partial charge < -0.3 is 0 Å². The Kier molecular flexibility index (Phi) is 11.0. The van der Waals surface area contributed by atoms with E-state index in [4.69, 9.17) is 0 Å². The van der Waals surface area contributed by atoms with Gasteiger partial charge in [0.15, 0.2) is 0 Å². The SMILES string of the molecule is CCC(=Nc1ccc(F)cc1)C(CC)=Nc1ccc(F)cc1.[Br][Ni][Br]. The number of hydrogen-bond acceptors (Lipinski definition) is 2. The predicted octanol–water partition coefficient (Wildman–Crippen LogP) is 7.32. The van der Waals surface area contributed by atoms with E-state index >= 15 is 0 Å². The van der Waals surface area contributed by atoms with E-state index in [2.05, 4.69) is 38.4 Å². The van der Waals surface area contributed by atoms with Gasteiger partial charge in [-0.2, -0.15) is 0 Å². The summed E-state index contributed by atoms with van der Waals surface area (Å²) in [6.07, 6.45) is 1.43. The molecule has 0 amide bonds. The standard InChI is InChI=1S/C18H18F2N2.2BrH.Ni/c1-3-17(21-15-9-5-13(19)6-10-15)18(4-2)22-16-11-7-14(20)8-12-16;;;/h5-12H,3-4H2,1-2H3;2*1H;/q;;;+2/p-2. The first-order chi connectivity index (χ1) is 12.0. The predicted molar refractivity (Wildman–Crippen MR) is 105 cm³/mol. The Labute approximate surface area is 167 Å². The number of rotatable bonds is 5. The van der Waals surface area contributed by atoms with E-state index in [1.807, 2.05) is 13.8 Å². The molecule has 0 fully saturated rings. The maximum atomic E-state index is 12.9. The number of hydrogen-bond donors (Lipinski definition) is 0. The number of halogens is 4. The summed E-state index contributed by atoms with van der Waals surface area (Å²) < 4.78 is 25.9. The quantitative estimate of drug-likeness (QED) is 0.293. The van der Waals surface area contributed by atoms with Gasteiger partial charge in [0.25, 0.3) is 0 Å². The van der Waals surface area contributed by atoms with Crippen molar-refractivity contribution in [2.45, 2.75) is 26.7 Å². The first-order valence-electron chi connectivity index (χ1n) is 7.53. The first kappa shape index (κ1) is 22.1. The number of nitrogens with zero attached hydrogens (tertiary/aromatic N) is 2. The summed E-state index contributed by atoms with van der Waals surface area (Å²) in [5, 5.41) is 0. The number of benzene rings is 2. The molecule has 0 aromatic heterocycles. The topological polar surface area (TPSA) is 24.7 Å². The molecule has 0 saturated heterocycles. The minimum absolute atomic E-state index is 0.285. The Morgan fingerprint density at radius 1 is 0.760 bits per heavy atom. The molecule has 0 bridgehead atoms. The van der Waals surface area contributed by atoms with Crippen LogP contribution in [0.5, 0.6) is 0 Å². The van der Waals surface area contributed by atoms with E-state index < -0.39 is 0 Å². The second-order valence-electron chi connectivity index (χ2n) is 4.82. The number of aliphatic imine (C=N–C) groups is 2. The molecule has 0 unspecified atom stereocenters. The fourth-order valence-electron chi connectivity index (χ4n) is 2.04. The van der Waals surface area contributed by atoms with Gasteiger partial charge in [0.05, 0.1) is 22.8 Å². The van der Waals surface area contributed by atoms with Crippen LogP contribution in [0.1, 0.15) is 26.7 Å². The van der Waals surface area contributed by atoms with Crippen molar-refractivity contribution in [3.63, 3.8) is 0 Å². The van der Waals surface area contributed by atoms with Gasteiger partial charge in [0.2, 0.25) is 0 Å².